The fraction of sp³-hybridized carbons (Fsp3) is 0.0588. The van der Waals surface area contributed by atoms with E-state index in [1.165, 1.54) is 0 Å². The van der Waals surface area contributed by atoms with Crippen LogP contribution in [0.2, 0.25) is 0 Å². The van der Waals surface area contributed by atoms with Crippen molar-refractivity contribution < 1.29 is 0 Å². The SMILES string of the molecule is Cc1nc2nc(-c3ccccc3)cc(-c3cccnc3)n2n1. The van der Waals surface area contributed by atoms with Gasteiger partial charge < -0.3 is 0 Å². The summed E-state index contributed by atoms with van der Waals surface area (Å²) in [6.45, 7) is 1.86. The van der Waals surface area contributed by atoms with Gasteiger partial charge >= 0.3 is 0 Å². The van der Waals surface area contributed by atoms with Gasteiger partial charge in [-0.1, -0.05) is 30.3 Å². The summed E-state index contributed by atoms with van der Waals surface area (Å²) in [7, 11) is 0. The van der Waals surface area contributed by atoms with Crippen LogP contribution in [0.25, 0.3) is 28.3 Å². The van der Waals surface area contributed by atoms with E-state index in [2.05, 4.69) is 20.1 Å². The van der Waals surface area contributed by atoms with Crippen LogP contribution in [0.3, 0.4) is 0 Å². The molecular formula is C17H13N5. The fourth-order valence-corrected chi connectivity index (χ4v) is 2.45. The van der Waals surface area contributed by atoms with Crippen LogP contribution >= 0.6 is 0 Å². The van der Waals surface area contributed by atoms with Crippen LogP contribution in [0.15, 0.2) is 60.9 Å². The smallest absolute Gasteiger partial charge is 0.253 e. The van der Waals surface area contributed by atoms with E-state index in [-0.39, 0.29) is 0 Å². The maximum Gasteiger partial charge on any atom is 0.253 e. The first-order valence-corrected chi connectivity index (χ1v) is 7.01. The van der Waals surface area contributed by atoms with E-state index in [4.69, 9.17) is 0 Å². The molecule has 0 spiro atoms. The first-order valence-electron chi connectivity index (χ1n) is 7.01. The summed E-state index contributed by atoms with van der Waals surface area (Å²) in [6, 6.07) is 16.0. The second-order valence-electron chi connectivity index (χ2n) is 5.01. The molecule has 4 aromatic rings. The lowest BCUT2D eigenvalue weighted by Gasteiger charge is -2.07. The standard InChI is InChI=1S/C17H13N5/c1-12-19-17-20-15(13-6-3-2-4-7-13)10-16(22(17)21-12)14-8-5-9-18-11-14/h2-11H,1H3. The van der Waals surface area contributed by atoms with E-state index in [1.54, 1.807) is 10.7 Å². The number of nitrogens with zero attached hydrogens (tertiary/aromatic N) is 5. The van der Waals surface area contributed by atoms with Crippen LogP contribution in [0, 0.1) is 6.92 Å². The highest BCUT2D eigenvalue weighted by atomic mass is 15.3. The number of aryl methyl sites for hydroxylation is 1. The number of rotatable bonds is 2. The molecule has 0 unspecified atom stereocenters. The molecule has 0 fully saturated rings. The molecule has 3 heterocycles. The van der Waals surface area contributed by atoms with Crippen LogP contribution in [0.1, 0.15) is 5.82 Å². The Balaban J connectivity index is 2.02. The number of hydrogen-bond donors (Lipinski definition) is 0. The second-order valence-corrected chi connectivity index (χ2v) is 5.01. The van der Waals surface area contributed by atoms with Crippen molar-refractivity contribution in [1.82, 2.24) is 24.6 Å². The summed E-state index contributed by atoms with van der Waals surface area (Å²) >= 11 is 0. The summed E-state index contributed by atoms with van der Waals surface area (Å²) in [6.07, 6.45) is 3.58. The molecule has 0 aliphatic carbocycles. The van der Waals surface area contributed by atoms with Crippen LogP contribution in [0.4, 0.5) is 0 Å². The Hall–Kier alpha value is -3.08. The minimum absolute atomic E-state index is 0.595. The predicted octanol–water partition coefficient (Wildman–Crippen LogP) is 3.16. The number of aromatic nitrogens is 5. The summed E-state index contributed by atoms with van der Waals surface area (Å²) in [5.74, 6) is 1.29. The lowest BCUT2D eigenvalue weighted by molar-refractivity contribution is 0.924. The second kappa shape index (κ2) is 5.04. The van der Waals surface area contributed by atoms with E-state index in [0.717, 1.165) is 22.5 Å². The molecule has 0 saturated carbocycles. The van der Waals surface area contributed by atoms with Crippen LogP contribution < -0.4 is 0 Å². The number of pyridine rings is 1. The largest absolute Gasteiger partial charge is 0.264 e. The Bertz CT molecular complexity index is 929. The first kappa shape index (κ1) is 12.6. The molecule has 0 saturated heterocycles. The van der Waals surface area contributed by atoms with E-state index in [1.807, 2.05) is 61.7 Å². The van der Waals surface area contributed by atoms with Crippen molar-refractivity contribution in [3.8, 4) is 22.5 Å². The molecule has 0 atom stereocenters. The lowest BCUT2D eigenvalue weighted by Crippen LogP contribution is -1.99. The third kappa shape index (κ3) is 2.13. The first-order chi connectivity index (χ1) is 10.8. The molecular weight excluding hydrogens is 274 g/mol. The van der Waals surface area contributed by atoms with Crippen LogP contribution in [0.5, 0.6) is 0 Å². The van der Waals surface area contributed by atoms with Gasteiger partial charge in [0.25, 0.3) is 5.78 Å². The van der Waals surface area contributed by atoms with Gasteiger partial charge in [0, 0.05) is 23.5 Å². The maximum absolute atomic E-state index is 4.62. The van der Waals surface area contributed by atoms with Crippen LogP contribution in [-0.4, -0.2) is 24.6 Å². The van der Waals surface area contributed by atoms with Crippen molar-refractivity contribution >= 4 is 5.78 Å². The Kier molecular flexibility index (Phi) is 2.89. The average Bonchev–Trinajstić information content (AvgIpc) is 2.95. The molecule has 0 aliphatic rings. The van der Waals surface area contributed by atoms with Crippen molar-refractivity contribution in [1.29, 1.82) is 0 Å². The zero-order chi connectivity index (χ0) is 14.9. The van der Waals surface area contributed by atoms with Gasteiger partial charge in [-0.2, -0.15) is 9.50 Å². The van der Waals surface area contributed by atoms with E-state index < -0.39 is 0 Å². The molecule has 0 bridgehead atoms. The molecule has 5 heteroatoms. The van der Waals surface area contributed by atoms with Gasteiger partial charge in [-0.25, -0.2) is 4.98 Å². The third-order valence-corrected chi connectivity index (χ3v) is 3.44. The number of fused-ring (bicyclic) bond motifs is 1. The summed E-state index contributed by atoms with van der Waals surface area (Å²) in [5, 5.41) is 4.44. The number of hydrogen-bond acceptors (Lipinski definition) is 4. The van der Waals surface area contributed by atoms with Gasteiger partial charge in [-0.15, -0.1) is 5.10 Å². The van der Waals surface area contributed by atoms with Crippen LogP contribution in [-0.2, 0) is 0 Å². The molecule has 106 valence electrons. The van der Waals surface area contributed by atoms with Crippen molar-refractivity contribution in [3.05, 3.63) is 66.7 Å². The summed E-state index contributed by atoms with van der Waals surface area (Å²) in [5.41, 5.74) is 3.84. The normalized spacial score (nSPS) is 11.0. The number of benzene rings is 1. The monoisotopic (exact) mass is 287 g/mol. The highest BCUT2D eigenvalue weighted by Crippen LogP contribution is 2.25. The molecule has 0 N–H and O–H groups in total. The molecule has 0 amide bonds. The topological polar surface area (TPSA) is 56.0 Å². The van der Waals surface area contributed by atoms with E-state index >= 15 is 0 Å². The zero-order valence-electron chi connectivity index (χ0n) is 12.0. The Labute approximate surface area is 127 Å². The minimum atomic E-state index is 0.595. The Morgan fingerprint density at radius 3 is 2.50 bits per heavy atom. The maximum atomic E-state index is 4.62. The Morgan fingerprint density at radius 2 is 1.73 bits per heavy atom. The average molecular weight is 287 g/mol. The van der Waals surface area contributed by atoms with Gasteiger partial charge in [0.05, 0.1) is 11.4 Å². The van der Waals surface area contributed by atoms with E-state index in [0.29, 0.717) is 11.6 Å². The highest BCUT2D eigenvalue weighted by molar-refractivity contribution is 5.70. The fourth-order valence-electron chi connectivity index (χ4n) is 2.45. The van der Waals surface area contributed by atoms with Crippen molar-refractivity contribution in [2.24, 2.45) is 0 Å². The molecule has 5 nitrogen and oxygen atoms in total. The summed E-state index contributed by atoms with van der Waals surface area (Å²) in [4.78, 5) is 13.2. The van der Waals surface area contributed by atoms with Crippen molar-refractivity contribution in [2.45, 2.75) is 6.92 Å². The third-order valence-electron chi connectivity index (χ3n) is 3.44. The molecule has 22 heavy (non-hydrogen) atoms. The van der Waals surface area contributed by atoms with Gasteiger partial charge in [0.2, 0.25) is 0 Å². The van der Waals surface area contributed by atoms with Gasteiger partial charge in [-0.05, 0) is 25.1 Å². The van der Waals surface area contributed by atoms with Crippen molar-refractivity contribution in [3.63, 3.8) is 0 Å². The predicted molar refractivity (Wildman–Crippen MR) is 84.2 cm³/mol. The molecule has 1 aromatic carbocycles. The Morgan fingerprint density at radius 1 is 0.909 bits per heavy atom. The quantitative estimate of drug-likeness (QED) is 0.568. The molecule has 3 aromatic heterocycles. The molecule has 0 aliphatic heterocycles. The zero-order valence-corrected chi connectivity index (χ0v) is 12.0. The van der Waals surface area contributed by atoms with Gasteiger partial charge in [0.1, 0.15) is 5.82 Å². The van der Waals surface area contributed by atoms with Gasteiger partial charge in [-0.3, -0.25) is 4.98 Å². The van der Waals surface area contributed by atoms with Gasteiger partial charge in [0.15, 0.2) is 0 Å². The molecule has 4 rings (SSSR count). The molecule has 0 radical (unpaired) electrons. The minimum Gasteiger partial charge on any atom is -0.264 e. The highest BCUT2D eigenvalue weighted by Gasteiger charge is 2.12. The summed E-state index contributed by atoms with van der Waals surface area (Å²) < 4.78 is 1.76. The van der Waals surface area contributed by atoms with Crippen molar-refractivity contribution in [2.75, 3.05) is 0 Å². The van der Waals surface area contributed by atoms with E-state index in [9.17, 15) is 0 Å². The lowest BCUT2D eigenvalue weighted by atomic mass is 10.1.